The molecule has 1 atom stereocenters. The van der Waals surface area contributed by atoms with Gasteiger partial charge in [0.15, 0.2) is 0 Å². The normalized spacial score (nSPS) is 11.8. The summed E-state index contributed by atoms with van der Waals surface area (Å²) in [6, 6.07) is 6.83. The van der Waals surface area contributed by atoms with E-state index in [1.54, 1.807) is 24.8 Å². The third kappa shape index (κ3) is 4.23. The molecule has 1 N–H and O–H groups in total. The maximum Gasteiger partial charge on any atom is 0.242 e. The van der Waals surface area contributed by atoms with Crippen molar-refractivity contribution in [3.05, 3.63) is 34.9 Å². The van der Waals surface area contributed by atoms with Crippen molar-refractivity contribution in [2.75, 3.05) is 6.54 Å². The van der Waals surface area contributed by atoms with Crippen LogP contribution in [0.3, 0.4) is 0 Å². The number of benzene rings is 1. The van der Waals surface area contributed by atoms with E-state index in [1.165, 1.54) is 0 Å². The van der Waals surface area contributed by atoms with Gasteiger partial charge in [0.1, 0.15) is 6.04 Å². The molecule has 0 radical (unpaired) electrons. The van der Waals surface area contributed by atoms with Crippen molar-refractivity contribution in [1.29, 1.82) is 0 Å². The Hall–Kier alpha value is -1.55. The van der Waals surface area contributed by atoms with Crippen LogP contribution in [0, 0.1) is 0 Å². The number of rotatable bonds is 6. The van der Waals surface area contributed by atoms with Crippen LogP contribution < -0.4 is 5.32 Å². The second kappa shape index (κ2) is 7.90. The van der Waals surface area contributed by atoms with Gasteiger partial charge in [0.25, 0.3) is 0 Å². The van der Waals surface area contributed by atoms with Crippen LogP contribution in [0.2, 0.25) is 5.02 Å². The number of halogens is 1. The predicted octanol–water partition coefficient (Wildman–Crippen LogP) is 2.60. The fourth-order valence-corrected chi connectivity index (χ4v) is 2.11. The van der Waals surface area contributed by atoms with E-state index >= 15 is 0 Å². The van der Waals surface area contributed by atoms with Crippen molar-refractivity contribution in [3.63, 3.8) is 0 Å². The minimum atomic E-state index is -0.515. The van der Waals surface area contributed by atoms with Crippen LogP contribution in [0.1, 0.15) is 32.8 Å². The first-order valence-corrected chi connectivity index (χ1v) is 7.19. The fraction of sp³-hybridized carbons (Fsp3) is 0.467. The first-order chi connectivity index (χ1) is 9.51. The van der Waals surface area contributed by atoms with Crippen molar-refractivity contribution in [2.24, 2.45) is 0 Å². The van der Waals surface area contributed by atoms with Crippen molar-refractivity contribution in [1.82, 2.24) is 10.2 Å². The third-order valence-electron chi connectivity index (χ3n) is 3.12. The number of carbonyl (C=O) groups is 2. The smallest absolute Gasteiger partial charge is 0.242 e. The lowest BCUT2D eigenvalue weighted by atomic mass is 10.1. The zero-order chi connectivity index (χ0) is 15.1. The summed E-state index contributed by atoms with van der Waals surface area (Å²) >= 11 is 6.12. The molecular formula is C15H21ClN2O2. The molecule has 0 heterocycles. The average molecular weight is 297 g/mol. The zero-order valence-electron chi connectivity index (χ0n) is 12.1. The monoisotopic (exact) mass is 296 g/mol. The molecule has 4 nitrogen and oxygen atoms in total. The van der Waals surface area contributed by atoms with Crippen molar-refractivity contribution in [3.8, 4) is 0 Å². The van der Waals surface area contributed by atoms with Gasteiger partial charge in [0, 0.05) is 24.5 Å². The summed E-state index contributed by atoms with van der Waals surface area (Å²) < 4.78 is 0. The highest BCUT2D eigenvalue weighted by molar-refractivity contribution is 6.31. The summed E-state index contributed by atoms with van der Waals surface area (Å²) in [6.07, 6.45) is 0.355. The Morgan fingerprint density at radius 2 is 1.95 bits per heavy atom. The molecule has 1 aromatic rings. The molecule has 1 aromatic carbocycles. The van der Waals surface area contributed by atoms with Crippen LogP contribution in [-0.2, 0) is 16.1 Å². The number of amides is 2. The van der Waals surface area contributed by atoms with Gasteiger partial charge in [-0.25, -0.2) is 0 Å². The molecule has 0 spiro atoms. The maximum absolute atomic E-state index is 12.1. The molecule has 0 saturated heterocycles. The minimum Gasteiger partial charge on any atom is -0.355 e. The van der Waals surface area contributed by atoms with Crippen molar-refractivity contribution in [2.45, 2.75) is 39.8 Å². The first-order valence-electron chi connectivity index (χ1n) is 6.81. The largest absolute Gasteiger partial charge is 0.355 e. The van der Waals surface area contributed by atoms with Gasteiger partial charge in [-0.1, -0.05) is 36.7 Å². The van der Waals surface area contributed by atoms with Crippen LogP contribution >= 0.6 is 11.6 Å². The Labute approximate surface area is 125 Å². The molecule has 0 bridgehead atoms. The van der Waals surface area contributed by atoms with Crippen LogP contribution in [0.5, 0.6) is 0 Å². The lowest BCUT2D eigenvalue weighted by Gasteiger charge is -2.28. The van der Waals surface area contributed by atoms with E-state index in [1.807, 2.05) is 25.1 Å². The Balaban J connectivity index is 2.93. The highest BCUT2D eigenvalue weighted by Gasteiger charge is 2.25. The summed E-state index contributed by atoms with van der Waals surface area (Å²) in [7, 11) is 0. The van der Waals surface area contributed by atoms with E-state index in [0.717, 1.165) is 5.56 Å². The molecule has 5 heteroatoms. The zero-order valence-corrected chi connectivity index (χ0v) is 12.9. The minimum absolute atomic E-state index is 0.0660. The van der Waals surface area contributed by atoms with E-state index in [0.29, 0.717) is 24.5 Å². The molecule has 0 aliphatic carbocycles. The molecular weight excluding hydrogens is 276 g/mol. The molecule has 1 rings (SSSR count). The van der Waals surface area contributed by atoms with E-state index in [4.69, 9.17) is 11.6 Å². The van der Waals surface area contributed by atoms with Gasteiger partial charge < -0.3 is 10.2 Å². The third-order valence-corrected chi connectivity index (χ3v) is 3.49. The Bertz CT molecular complexity index is 477. The van der Waals surface area contributed by atoms with Crippen molar-refractivity contribution < 1.29 is 9.59 Å². The van der Waals surface area contributed by atoms with Gasteiger partial charge in [-0.2, -0.15) is 0 Å². The summed E-state index contributed by atoms with van der Waals surface area (Å²) in [5.74, 6) is -0.218. The number of nitrogens with one attached hydrogen (secondary N) is 1. The quantitative estimate of drug-likeness (QED) is 0.877. The Kier molecular flexibility index (Phi) is 6.52. The summed E-state index contributed by atoms with van der Waals surface area (Å²) in [4.78, 5) is 25.6. The maximum atomic E-state index is 12.1. The van der Waals surface area contributed by atoms with Crippen LogP contribution in [-0.4, -0.2) is 29.3 Å². The highest BCUT2D eigenvalue weighted by Crippen LogP contribution is 2.19. The molecule has 1 unspecified atom stereocenters. The molecule has 0 aromatic heterocycles. The van der Waals surface area contributed by atoms with Gasteiger partial charge in [-0.15, -0.1) is 0 Å². The van der Waals surface area contributed by atoms with Crippen molar-refractivity contribution >= 4 is 23.4 Å². The average Bonchev–Trinajstić information content (AvgIpc) is 2.45. The molecule has 0 saturated carbocycles. The van der Waals surface area contributed by atoms with Crippen LogP contribution in [0.4, 0.5) is 0 Å². The Morgan fingerprint density at radius 1 is 1.30 bits per heavy atom. The molecule has 110 valence electrons. The molecule has 0 aliphatic rings. The second-order valence-corrected chi connectivity index (χ2v) is 4.94. The van der Waals surface area contributed by atoms with Gasteiger partial charge in [0.05, 0.1) is 0 Å². The first kappa shape index (κ1) is 16.5. The second-order valence-electron chi connectivity index (χ2n) is 4.54. The van der Waals surface area contributed by atoms with Gasteiger partial charge in [-0.05, 0) is 25.5 Å². The molecule has 2 amide bonds. The van der Waals surface area contributed by atoms with E-state index in [2.05, 4.69) is 5.32 Å². The van der Waals surface area contributed by atoms with E-state index in [9.17, 15) is 9.59 Å². The SMILES string of the molecule is CCNC(=O)C(C)N(Cc1ccccc1Cl)C(=O)CC. The predicted molar refractivity (Wildman–Crippen MR) is 80.4 cm³/mol. The van der Waals surface area contributed by atoms with E-state index < -0.39 is 6.04 Å². The van der Waals surface area contributed by atoms with Gasteiger partial charge >= 0.3 is 0 Å². The topological polar surface area (TPSA) is 49.4 Å². The van der Waals surface area contributed by atoms with Gasteiger partial charge in [0.2, 0.25) is 11.8 Å². The fourth-order valence-electron chi connectivity index (χ4n) is 1.92. The summed E-state index contributed by atoms with van der Waals surface area (Å²) in [5, 5.41) is 3.34. The molecule has 0 aliphatic heterocycles. The number of likely N-dealkylation sites (N-methyl/N-ethyl adjacent to an activating group) is 1. The summed E-state index contributed by atoms with van der Waals surface area (Å²) in [6.45, 7) is 6.25. The number of hydrogen-bond acceptors (Lipinski definition) is 2. The highest BCUT2D eigenvalue weighted by atomic mass is 35.5. The standard InChI is InChI=1S/C15H21ClN2O2/c1-4-14(19)18(11(3)15(20)17-5-2)10-12-8-6-7-9-13(12)16/h6-9,11H,4-5,10H2,1-3H3,(H,17,20). The van der Waals surface area contributed by atoms with E-state index in [-0.39, 0.29) is 11.8 Å². The summed E-state index contributed by atoms with van der Waals surface area (Å²) in [5.41, 5.74) is 0.840. The lowest BCUT2D eigenvalue weighted by Crippen LogP contribution is -2.47. The molecule has 20 heavy (non-hydrogen) atoms. The van der Waals surface area contributed by atoms with Crippen LogP contribution in [0.25, 0.3) is 0 Å². The number of hydrogen-bond donors (Lipinski definition) is 1. The lowest BCUT2D eigenvalue weighted by molar-refractivity contribution is -0.140. The number of nitrogens with zero attached hydrogens (tertiary/aromatic N) is 1. The Morgan fingerprint density at radius 3 is 2.50 bits per heavy atom. The van der Waals surface area contributed by atoms with Crippen LogP contribution in [0.15, 0.2) is 24.3 Å². The number of carbonyl (C=O) groups excluding carboxylic acids is 2. The molecule has 0 fully saturated rings. The van der Waals surface area contributed by atoms with Gasteiger partial charge in [-0.3, -0.25) is 9.59 Å².